The van der Waals surface area contributed by atoms with Crippen LogP contribution < -0.4 is 10.6 Å². The van der Waals surface area contributed by atoms with Gasteiger partial charge in [0.1, 0.15) is 6.61 Å². The van der Waals surface area contributed by atoms with Gasteiger partial charge in [-0.1, -0.05) is 55.0 Å². The zero-order valence-electron chi connectivity index (χ0n) is 18.6. The number of nitrogens with one attached hydrogen (secondary N) is 2. The summed E-state index contributed by atoms with van der Waals surface area (Å²) < 4.78 is 5.49. The number of amides is 2. The highest BCUT2D eigenvalue weighted by Gasteiger charge is 2.39. The Labute approximate surface area is 193 Å². The number of carboxylic acids is 1. The fourth-order valence-corrected chi connectivity index (χ4v) is 4.88. The molecule has 4 rings (SSSR count). The Morgan fingerprint density at radius 2 is 1.61 bits per heavy atom. The predicted octanol–water partition coefficient (Wildman–Crippen LogP) is 4.07. The van der Waals surface area contributed by atoms with Crippen LogP contribution in [0.25, 0.3) is 11.1 Å². The predicted molar refractivity (Wildman–Crippen MR) is 124 cm³/mol. The maximum Gasteiger partial charge on any atom is 0.407 e. The molecule has 0 spiro atoms. The number of hydrogen-bond acceptors (Lipinski definition) is 4. The first kappa shape index (κ1) is 22.8. The Morgan fingerprint density at radius 1 is 0.970 bits per heavy atom. The Hall–Kier alpha value is -3.35. The van der Waals surface area contributed by atoms with E-state index in [9.17, 15) is 14.4 Å². The molecular weight excluding hydrogens is 420 g/mol. The Balaban J connectivity index is 1.17. The molecule has 2 aliphatic rings. The number of alkyl carbamates (subject to hydrolysis) is 1. The minimum atomic E-state index is -0.823. The maximum absolute atomic E-state index is 12.2. The SMILES string of the molecule is O=C(O)CC1(CNC(=O)CCCNC(=O)OCC2c3ccccc3-c3ccccc32)CCC1. The van der Waals surface area contributed by atoms with Crippen molar-refractivity contribution in [3.63, 3.8) is 0 Å². The second-order valence-corrected chi connectivity index (χ2v) is 9.06. The summed E-state index contributed by atoms with van der Waals surface area (Å²) in [5.41, 5.74) is 4.40. The minimum absolute atomic E-state index is 0.0126. The van der Waals surface area contributed by atoms with Crippen molar-refractivity contribution in [2.24, 2.45) is 5.41 Å². The number of carboxylic acid groups (broad SMARTS) is 1. The molecule has 0 saturated heterocycles. The fraction of sp³-hybridized carbons (Fsp3) is 0.423. The molecule has 0 aliphatic heterocycles. The molecule has 7 heteroatoms. The minimum Gasteiger partial charge on any atom is -0.481 e. The van der Waals surface area contributed by atoms with Gasteiger partial charge in [-0.25, -0.2) is 4.79 Å². The number of hydrogen-bond donors (Lipinski definition) is 3. The van der Waals surface area contributed by atoms with Gasteiger partial charge in [0.15, 0.2) is 0 Å². The summed E-state index contributed by atoms with van der Waals surface area (Å²) >= 11 is 0. The van der Waals surface area contributed by atoms with Gasteiger partial charge in [0.2, 0.25) is 5.91 Å². The average molecular weight is 451 g/mol. The highest BCUT2D eigenvalue weighted by atomic mass is 16.5. The first-order valence-corrected chi connectivity index (χ1v) is 11.5. The molecule has 0 unspecified atom stereocenters. The third kappa shape index (κ3) is 5.35. The van der Waals surface area contributed by atoms with Crippen molar-refractivity contribution in [2.75, 3.05) is 19.7 Å². The summed E-state index contributed by atoms with van der Waals surface area (Å²) in [6.07, 6.45) is 3.04. The van der Waals surface area contributed by atoms with Crippen LogP contribution in [0, 0.1) is 5.41 Å². The number of carbonyl (C=O) groups excluding carboxylic acids is 2. The summed E-state index contributed by atoms with van der Waals surface area (Å²) in [6.45, 7) is 0.994. The summed E-state index contributed by atoms with van der Waals surface area (Å²) in [6, 6.07) is 16.4. The van der Waals surface area contributed by atoms with Crippen LogP contribution in [-0.4, -0.2) is 42.8 Å². The molecule has 0 heterocycles. The van der Waals surface area contributed by atoms with Crippen LogP contribution >= 0.6 is 0 Å². The van der Waals surface area contributed by atoms with E-state index in [0.29, 0.717) is 19.5 Å². The van der Waals surface area contributed by atoms with Crippen LogP contribution in [0.3, 0.4) is 0 Å². The van der Waals surface area contributed by atoms with Gasteiger partial charge in [-0.15, -0.1) is 0 Å². The van der Waals surface area contributed by atoms with E-state index in [1.165, 1.54) is 11.1 Å². The molecular formula is C26H30N2O5. The summed E-state index contributed by atoms with van der Waals surface area (Å²) in [4.78, 5) is 35.3. The van der Waals surface area contributed by atoms with Crippen molar-refractivity contribution in [1.29, 1.82) is 0 Å². The fourth-order valence-electron chi connectivity index (χ4n) is 4.88. The summed E-state index contributed by atoms with van der Waals surface area (Å²) in [7, 11) is 0. The molecule has 2 aliphatic carbocycles. The molecule has 7 nitrogen and oxygen atoms in total. The molecule has 3 N–H and O–H groups in total. The van der Waals surface area contributed by atoms with E-state index < -0.39 is 12.1 Å². The van der Waals surface area contributed by atoms with Crippen LogP contribution in [-0.2, 0) is 14.3 Å². The van der Waals surface area contributed by atoms with Crippen molar-refractivity contribution in [1.82, 2.24) is 10.6 Å². The topological polar surface area (TPSA) is 105 Å². The lowest BCUT2D eigenvalue weighted by atomic mass is 9.66. The highest BCUT2D eigenvalue weighted by molar-refractivity contribution is 5.79. The molecule has 174 valence electrons. The molecule has 0 bridgehead atoms. The van der Waals surface area contributed by atoms with Gasteiger partial charge in [-0.2, -0.15) is 0 Å². The number of carbonyl (C=O) groups is 3. The molecule has 0 radical (unpaired) electrons. The molecule has 2 amide bonds. The van der Waals surface area contributed by atoms with Gasteiger partial charge in [-0.3, -0.25) is 9.59 Å². The van der Waals surface area contributed by atoms with Crippen LogP contribution in [0.4, 0.5) is 4.79 Å². The van der Waals surface area contributed by atoms with Crippen molar-refractivity contribution >= 4 is 18.0 Å². The van der Waals surface area contributed by atoms with E-state index in [0.717, 1.165) is 30.4 Å². The smallest absolute Gasteiger partial charge is 0.407 e. The van der Waals surface area contributed by atoms with Crippen molar-refractivity contribution in [3.8, 4) is 11.1 Å². The Kier molecular flexibility index (Phi) is 6.96. The zero-order chi connectivity index (χ0) is 23.3. The molecule has 0 atom stereocenters. The second-order valence-electron chi connectivity index (χ2n) is 9.06. The number of aliphatic carboxylic acids is 1. The molecule has 33 heavy (non-hydrogen) atoms. The summed E-state index contributed by atoms with van der Waals surface area (Å²) in [5, 5.41) is 14.6. The van der Waals surface area contributed by atoms with Gasteiger partial charge < -0.3 is 20.5 Å². The average Bonchev–Trinajstić information content (AvgIpc) is 3.10. The number of rotatable bonds is 10. The normalized spacial score (nSPS) is 15.6. The van der Waals surface area contributed by atoms with E-state index in [-0.39, 0.29) is 36.7 Å². The molecule has 0 aromatic heterocycles. The Bertz CT molecular complexity index is 985. The highest BCUT2D eigenvalue weighted by Crippen LogP contribution is 2.45. The standard InChI is InChI=1S/C26H30N2O5/c29-23(28-17-26(12-6-13-26)15-24(30)31)11-5-14-27-25(32)33-16-22-20-9-3-1-7-18(20)19-8-2-4-10-21(19)22/h1-4,7-10,22H,5-6,11-17H2,(H,27,32)(H,28,29)(H,30,31). The van der Waals surface area contributed by atoms with Crippen molar-refractivity contribution < 1.29 is 24.2 Å². The van der Waals surface area contributed by atoms with Crippen molar-refractivity contribution in [2.45, 2.75) is 44.4 Å². The van der Waals surface area contributed by atoms with Crippen LogP contribution in [0.2, 0.25) is 0 Å². The van der Waals surface area contributed by atoms with Crippen LogP contribution in [0.15, 0.2) is 48.5 Å². The first-order valence-electron chi connectivity index (χ1n) is 11.5. The van der Waals surface area contributed by atoms with Gasteiger partial charge in [0, 0.05) is 25.4 Å². The van der Waals surface area contributed by atoms with E-state index in [4.69, 9.17) is 9.84 Å². The third-order valence-electron chi connectivity index (χ3n) is 6.79. The first-order chi connectivity index (χ1) is 16.0. The molecule has 1 saturated carbocycles. The van der Waals surface area contributed by atoms with E-state index >= 15 is 0 Å². The quantitative estimate of drug-likeness (QED) is 0.474. The van der Waals surface area contributed by atoms with Gasteiger partial charge >= 0.3 is 12.1 Å². The van der Waals surface area contributed by atoms with Crippen molar-refractivity contribution in [3.05, 3.63) is 59.7 Å². The number of ether oxygens (including phenoxy) is 1. The Morgan fingerprint density at radius 3 is 2.18 bits per heavy atom. The second kappa shape index (κ2) is 10.1. The van der Waals surface area contributed by atoms with E-state index in [2.05, 4.69) is 34.9 Å². The van der Waals surface area contributed by atoms with Gasteiger partial charge in [-0.05, 0) is 46.9 Å². The lowest BCUT2D eigenvalue weighted by Gasteiger charge is -2.40. The largest absolute Gasteiger partial charge is 0.481 e. The van der Waals surface area contributed by atoms with E-state index in [1.54, 1.807) is 0 Å². The zero-order valence-corrected chi connectivity index (χ0v) is 18.6. The monoisotopic (exact) mass is 450 g/mol. The van der Waals surface area contributed by atoms with E-state index in [1.807, 2.05) is 24.3 Å². The van der Waals surface area contributed by atoms with Crippen LogP contribution in [0.5, 0.6) is 0 Å². The maximum atomic E-state index is 12.2. The lowest BCUT2D eigenvalue weighted by molar-refractivity contribution is -0.141. The summed E-state index contributed by atoms with van der Waals surface area (Å²) in [5.74, 6) is -0.934. The molecule has 2 aromatic carbocycles. The third-order valence-corrected chi connectivity index (χ3v) is 6.79. The van der Waals surface area contributed by atoms with Gasteiger partial charge in [0.25, 0.3) is 0 Å². The molecule has 2 aromatic rings. The lowest BCUT2D eigenvalue weighted by Crippen LogP contribution is -2.43. The number of benzene rings is 2. The number of fused-ring (bicyclic) bond motifs is 3. The van der Waals surface area contributed by atoms with Crippen LogP contribution in [0.1, 0.15) is 55.6 Å². The van der Waals surface area contributed by atoms with Gasteiger partial charge in [0.05, 0.1) is 6.42 Å². The molecule has 1 fully saturated rings.